The van der Waals surface area contributed by atoms with E-state index in [9.17, 15) is 0 Å². The molecule has 0 aliphatic rings. The molecule has 2 aromatic heterocycles. The van der Waals surface area contributed by atoms with Gasteiger partial charge in [0.2, 0.25) is 0 Å². The molecule has 6 heteroatoms. The van der Waals surface area contributed by atoms with E-state index in [1.165, 1.54) is 6.33 Å². The first-order valence-corrected chi connectivity index (χ1v) is 4.40. The van der Waals surface area contributed by atoms with E-state index in [1.807, 2.05) is 0 Å². The number of hydrogen-bond acceptors (Lipinski definition) is 4. The first-order valence-electron chi connectivity index (χ1n) is 4.02. The van der Waals surface area contributed by atoms with Crippen LogP contribution in [0.3, 0.4) is 0 Å². The van der Waals surface area contributed by atoms with E-state index in [1.54, 1.807) is 23.0 Å². The molecule has 0 saturated heterocycles. The fourth-order valence-corrected chi connectivity index (χ4v) is 1.20. The Morgan fingerprint density at radius 3 is 2.86 bits per heavy atom. The van der Waals surface area contributed by atoms with Gasteiger partial charge in [0.15, 0.2) is 5.82 Å². The van der Waals surface area contributed by atoms with Crippen molar-refractivity contribution in [1.82, 2.24) is 19.7 Å². The Kier molecular flexibility index (Phi) is 2.43. The maximum atomic E-state index is 5.71. The standard InChI is InChI=1S/C8H8ClN5/c9-6-1-2-7(11-4-6)14-8(3-10)12-5-13-14/h1-2,4-5H,3,10H2. The van der Waals surface area contributed by atoms with E-state index in [0.717, 1.165) is 0 Å². The van der Waals surface area contributed by atoms with E-state index in [4.69, 9.17) is 17.3 Å². The molecule has 0 atom stereocenters. The smallest absolute Gasteiger partial charge is 0.155 e. The zero-order chi connectivity index (χ0) is 9.97. The van der Waals surface area contributed by atoms with Gasteiger partial charge in [0.1, 0.15) is 12.2 Å². The van der Waals surface area contributed by atoms with Crippen molar-refractivity contribution in [3.05, 3.63) is 35.5 Å². The van der Waals surface area contributed by atoms with E-state index >= 15 is 0 Å². The van der Waals surface area contributed by atoms with Crippen molar-refractivity contribution in [1.29, 1.82) is 0 Å². The maximum Gasteiger partial charge on any atom is 0.155 e. The van der Waals surface area contributed by atoms with Crippen LogP contribution >= 0.6 is 11.6 Å². The lowest BCUT2D eigenvalue weighted by Crippen LogP contribution is -2.09. The molecule has 0 aromatic carbocycles. The Balaban J connectivity index is 2.44. The Bertz CT molecular complexity index is 422. The summed E-state index contributed by atoms with van der Waals surface area (Å²) in [5, 5.41) is 4.59. The lowest BCUT2D eigenvalue weighted by Gasteiger charge is -2.02. The van der Waals surface area contributed by atoms with Gasteiger partial charge < -0.3 is 5.73 Å². The van der Waals surface area contributed by atoms with Gasteiger partial charge in [-0.05, 0) is 12.1 Å². The van der Waals surface area contributed by atoms with E-state index in [0.29, 0.717) is 23.2 Å². The average Bonchev–Trinajstić information content (AvgIpc) is 2.67. The lowest BCUT2D eigenvalue weighted by molar-refractivity contribution is 0.769. The number of aromatic nitrogens is 4. The Hall–Kier alpha value is -1.46. The van der Waals surface area contributed by atoms with Crippen LogP contribution in [0.2, 0.25) is 5.02 Å². The van der Waals surface area contributed by atoms with Crippen molar-refractivity contribution in [2.24, 2.45) is 5.73 Å². The van der Waals surface area contributed by atoms with Crippen LogP contribution in [0.5, 0.6) is 0 Å². The second kappa shape index (κ2) is 3.73. The van der Waals surface area contributed by atoms with Gasteiger partial charge in [-0.25, -0.2) is 9.97 Å². The third-order valence-electron chi connectivity index (χ3n) is 1.73. The lowest BCUT2D eigenvalue weighted by atomic mass is 10.4. The molecule has 0 aliphatic carbocycles. The van der Waals surface area contributed by atoms with Crippen LogP contribution in [0.4, 0.5) is 0 Å². The highest BCUT2D eigenvalue weighted by molar-refractivity contribution is 6.30. The van der Waals surface area contributed by atoms with Gasteiger partial charge in [0.25, 0.3) is 0 Å². The van der Waals surface area contributed by atoms with Gasteiger partial charge in [0.05, 0.1) is 11.6 Å². The third kappa shape index (κ3) is 1.59. The highest BCUT2D eigenvalue weighted by Crippen LogP contribution is 2.09. The number of nitrogens with zero attached hydrogens (tertiary/aromatic N) is 4. The first-order chi connectivity index (χ1) is 6.81. The predicted molar refractivity (Wildman–Crippen MR) is 52.1 cm³/mol. The van der Waals surface area contributed by atoms with Crippen LogP contribution in [0, 0.1) is 0 Å². The zero-order valence-corrected chi connectivity index (χ0v) is 8.02. The molecule has 0 fully saturated rings. The summed E-state index contributed by atoms with van der Waals surface area (Å²) < 4.78 is 1.58. The summed E-state index contributed by atoms with van der Waals surface area (Å²) in [5.74, 6) is 1.33. The molecule has 0 aliphatic heterocycles. The molecule has 0 saturated carbocycles. The summed E-state index contributed by atoms with van der Waals surface area (Å²) in [7, 11) is 0. The molecular formula is C8H8ClN5. The number of rotatable bonds is 2. The largest absolute Gasteiger partial charge is 0.324 e. The molecule has 72 valence electrons. The van der Waals surface area contributed by atoms with Gasteiger partial charge in [-0.3, -0.25) is 0 Å². The Morgan fingerprint density at radius 2 is 2.21 bits per heavy atom. The van der Waals surface area contributed by atoms with Gasteiger partial charge in [-0.2, -0.15) is 9.78 Å². The zero-order valence-electron chi connectivity index (χ0n) is 7.26. The van der Waals surface area contributed by atoms with Gasteiger partial charge in [0, 0.05) is 6.20 Å². The minimum absolute atomic E-state index is 0.324. The molecule has 0 bridgehead atoms. The number of halogens is 1. The summed E-state index contributed by atoms with van der Waals surface area (Å²) >= 11 is 5.71. The molecule has 2 heterocycles. The highest BCUT2D eigenvalue weighted by atomic mass is 35.5. The summed E-state index contributed by atoms with van der Waals surface area (Å²) in [6.07, 6.45) is 3.00. The van der Waals surface area contributed by atoms with Gasteiger partial charge >= 0.3 is 0 Å². The fraction of sp³-hybridized carbons (Fsp3) is 0.125. The van der Waals surface area contributed by atoms with Crippen LogP contribution in [-0.4, -0.2) is 19.7 Å². The molecular weight excluding hydrogens is 202 g/mol. The van der Waals surface area contributed by atoms with Crippen LogP contribution in [0.25, 0.3) is 5.82 Å². The first kappa shape index (κ1) is 9.11. The Labute approximate surface area is 85.5 Å². The normalized spacial score (nSPS) is 10.4. The maximum absolute atomic E-state index is 5.71. The molecule has 2 rings (SSSR count). The molecule has 0 unspecified atom stereocenters. The molecule has 0 spiro atoms. The molecule has 2 aromatic rings. The summed E-state index contributed by atoms with van der Waals surface area (Å²) in [6.45, 7) is 0.324. The van der Waals surface area contributed by atoms with Gasteiger partial charge in [-0.15, -0.1) is 0 Å². The van der Waals surface area contributed by atoms with E-state index in [-0.39, 0.29) is 0 Å². The van der Waals surface area contributed by atoms with E-state index in [2.05, 4.69) is 15.1 Å². The molecule has 2 N–H and O–H groups in total. The second-order valence-electron chi connectivity index (χ2n) is 2.63. The number of hydrogen-bond donors (Lipinski definition) is 1. The third-order valence-corrected chi connectivity index (χ3v) is 1.95. The van der Waals surface area contributed by atoms with Crippen molar-refractivity contribution < 1.29 is 0 Å². The molecule has 5 nitrogen and oxygen atoms in total. The summed E-state index contributed by atoms with van der Waals surface area (Å²) in [4.78, 5) is 8.09. The minimum Gasteiger partial charge on any atom is -0.324 e. The van der Waals surface area contributed by atoms with Crippen molar-refractivity contribution in [3.63, 3.8) is 0 Å². The molecule has 0 radical (unpaired) electrons. The van der Waals surface area contributed by atoms with Crippen LogP contribution in [-0.2, 0) is 6.54 Å². The van der Waals surface area contributed by atoms with Crippen LogP contribution < -0.4 is 5.73 Å². The van der Waals surface area contributed by atoms with Crippen molar-refractivity contribution >= 4 is 11.6 Å². The number of pyridine rings is 1. The van der Waals surface area contributed by atoms with Crippen LogP contribution in [0.15, 0.2) is 24.7 Å². The van der Waals surface area contributed by atoms with Crippen molar-refractivity contribution in [2.75, 3.05) is 0 Å². The SMILES string of the molecule is NCc1ncnn1-c1ccc(Cl)cn1. The van der Waals surface area contributed by atoms with Crippen LogP contribution in [0.1, 0.15) is 5.82 Å². The van der Waals surface area contributed by atoms with Crippen molar-refractivity contribution in [2.45, 2.75) is 6.54 Å². The van der Waals surface area contributed by atoms with E-state index < -0.39 is 0 Å². The summed E-state index contributed by atoms with van der Waals surface area (Å²) in [5.41, 5.74) is 5.49. The minimum atomic E-state index is 0.324. The predicted octanol–water partition coefficient (Wildman–Crippen LogP) is 0.774. The van der Waals surface area contributed by atoms with Gasteiger partial charge in [-0.1, -0.05) is 11.6 Å². The van der Waals surface area contributed by atoms with Crippen molar-refractivity contribution in [3.8, 4) is 5.82 Å². The highest BCUT2D eigenvalue weighted by Gasteiger charge is 2.04. The fourth-order valence-electron chi connectivity index (χ4n) is 1.09. The molecule has 14 heavy (non-hydrogen) atoms. The molecule has 0 amide bonds. The Morgan fingerprint density at radius 1 is 1.36 bits per heavy atom. The topological polar surface area (TPSA) is 69.6 Å². The number of nitrogens with two attached hydrogens (primary N) is 1. The quantitative estimate of drug-likeness (QED) is 0.794. The second-order valence-corrected chi connectivity index (χ2v) is 3.06. The average molecular weight is 210 g/mol. The monoisotopic (exact) mass is 209 g/mol. The summed E-state index contributed by atoms with van der Waals surface area (Å²) in [6, 6.07) is 3.50.